The second-order valence-corrected chi connectivity index (χ2v) is 2.42. The Morgan fingerprint density at radius 3 is 2.80 bits per heavy atom. The molecule has 1 heterocycles. The van der Waals surface area contributed by atoms with Crippen molar-refractivity contribution in [3.8, 4) is 0 Å². The van der Waals surface area contributed by atoms with Crippen molar-refractivity contribution in [2.45, 2.75) is 6.42 Å². The van der Waals surface area contributed by atoms with Crippen LogP contribution in [0, 0.1) is 19.8 Å². The zero-order valence-corrected chi connectivity index (χ0v) is 9.11. The smallest absolute Gasteiger partial charge is 0 e. The van der Waals surface area contributed by atoms with E-state index >= 15 is 0 Å². The predicted molar refractivity (Wildman–Crippen MR) is 39.8 cm³/mol. The normalized spacial score (nSPS) is 24.9. The average molecular weight is 212 g/mol. The second-order valence-electron chi connectivity index (χ2n) is 2.42. The summed E-state index contributed by atoms with van der Waals surface area (Å²) in [6.07, 6.45) is 3.10. The van der Waals surface area contributed by atoms with Gasteiger partial charge in [-0.25, -0.2) is 18.6 Å². The Balaban J connectivity index is 0.000000810. The summed E-state index contributed by atoms with van der Waals surface area (Å²) in [6.45, 7) is 9.81. The Hall–Kier alpha value is 0.674. The monoisotopic (exact) mass is 212 g/mol. The third kappa shape index (κ3) is 2.73. The van der Waals surface area contributed by atoms with Crippen LogP contribution in [0.5, 0.6) is 0 Å². The average Bonchev–Trinajstić information content (AvgIpc) is 1.89. The molecule has 1 unspecified atom stereocenters. The van der Waals surface area contributed by atoms with Gasteiger partial charge < -0.3 is 12.2 Å². The van der Waals surface area contributed by atoms with Crippen molar-refractivity contribution >= 4 is 0 Å². The molecule has 1 nitrogen and oxygen atoms in total. The fourth-order valence-corrected chi connectivity index (χ4v) is 1.05. The van der Waals surface area contributed by atoms with Crippen LogP contribution in [-0.2, 0) is 32.7 Å². The second kappa shape index (κ2) is 5.34. The van der Waals surface area contributed by atoms with Gasteiger partial charge in [-0.1, -0.05) is 12.5 Å². The minimum absolute atomic E-state index is 0. The van der Waals surface area contributed by atoms with Crippen molar-refractivity contribution in [2.75, 3.05) is 13.1 Å². The van der Waals surface area contributed by atoms with Crippen molar-refractivity contribution < 1.29 is 32.7 Å². The van der Waals surface area contributed by atoms with Crippen molar-refractivity contribution in [2.24, 2.45) is 5.92 Å². The van der Waals surface area contributed by atoms with E-state index in [4.69, 9.17) is 0 Å². The molecule has 0 amide bonds. The van der Waals surface area contributed by atoms with E-state index in [1.807, 2.05) is 0 Å². The molecule has 0 saturated carbocycles. The molecule has 1 rings (SSSR count). The summed E-state index contributed by atoms with van der Waals surface area (Å²) in [7, 11) is 0. The van der Waals surface area contributed by atoms with Crippen LogP contribution in [0.3, 0.4) is 0 Å². The van der Waals surface area contributed by atoms with Crippen LogP contribution in [-0.4, -0.2) is 13.1 Å². The van der Waals surface area contributed by atoms with Gasteiger partial charge >= 0.3 is 0 Å². The van der Waals surface area contributed by atoms with Gasteiger partial charge in [-0.05, 0) is 6.54 Å². The predicted octanol–water partition coefficient (Wildman–Crippen LogP) is 1.19. The maximum absolute atomic E-state index is 3.93. The Bertz CT molecular complexity index is 120. The Kier molecular flexibility index (Phi) is 5.70. The van der Waals surface area contributed by atoms with E-state index < -0.39 is 0 Å². The van der Waals surface area contributed by atoms with Crippen LogP contribution in [0.15, 0.2) is 11.6 Å². The third-order valence-corrected chi connectivity index (χ3v) is 1.77. The largest absolute Gasteiger partial charge is 0.343 e. The Morgan fingerprint density at radius 2 is 2.40 bits per heavy atom. The standard InChI is InChI=1S/C8H13N.Y/c1-3-8-6-9-5-4-7(8)2;/h4,8-9H,1-3,5-6H2;/q-2;. The number of nitrogens with one attached hydrogen (secondary N) is 1. The molecule has 0 aromatic heterocycles. The first-order valence-electron chi connectivity index (χ1n) is 3.36. The first-order valence-corrected chi connectivity index (χ1v) is 3.36. The van der Waals surface area contributed by atoms with Gasteiger partial charge in [0.25, 0.3) is 0 Å². The summed E-state index contributed by atoms with van der Waals surface area (Å²) in [5.74, 6) is 0.582. The maximum atomic E-state index is 3.93. The molecule has 10 heavy (non-hydrogen) atoms. The summed E-state index contributed by atoms with van der Waals surface area (Å²) in [5, 5.41) is 3.26. The van der Waals surface area contributed by atoms with Gasteiger partial charge in [-0.2, -0.15) is 6.42 Å². The molecule has 0 saturated heterocycles. The molecule has 0 bridgehead atoms. The van der Waals surface area contributed by atoms with Crippen LogP contribution < -0.4 is 5.32 Å². The summed E-state index contributed by atoms with van der Waals surface area (Å²) in [5.41, 5.74) is 1.25. The maximum Gasteiger partial charge on any atom is 0 e. The zero-order chi connectivity index (χ0) is 6.69. The fourth-order valence-electron chi connectivity index (χ4n) is 1.05. The SMILES string of the molecule is [CH2-]CC1CNCC=C1[CH2-].[Y]. The molecule has 0 aromatic rings. The van der Waals surface area contributed by atoms with Crippen LogP contribution in [0.4, 0.5) is 0 Å². The molecule has 1 atom stereocenters. The molecular weight excluding hydrogens is 199 g/mol. The topological polar surface area (TPSA) is 12.0 Å². The van der Waals surface area contributed by atoms with E-state index in [-0.39, 0.29) is 32.7 Å². The van der Waals surface area contributed by atoms with Crippen molar-refractivity contribution in [3.05, 3.63) is 25.5 Å². The van der Waals surface area contributed by atoms with Crippen molar-refractivity contribution in [3.63, 3.8) is 0 Å². The minimum atomic E-state index is 0. The Labute approximate surface area is 88.5 Å². The van der Waals surface area contributed by atoms with Crippen molar-refractivity contribution in [1.82, 2.24) is 5.32 Å². The molecular formula is C8H13NY-2. The molecule has 1 aliphatic rings. The minimum Gasteiger partial charge on any atom is -0.343 e. The Morgan fingerprint density at radius 1 is 1.70 bits per heavy atom. The van der Waals surface area contributed by atoms with Crippen LogP contribution >= 0.6 is 0 Å². The summed E-state index contributed by atoms with van der Waals surface area (Å²) in [6, 6.07) is 0. The molecule has 2 heteroatoms. The number of hydrogen-bond acceptors (Lipinski definition) is 1. The molecule has 1 aliphatic heterocycles. The summed E-state index contributed by atoms with van der Waals surface area (Å²) >= 11 is 0. The summed E-state index contributed by atoms with van der Waals surface area (Å²) < 4.78 is 0. The van der Waals surface area contributed by atoms with Gasteiger partial charge in [0.15, 0.2) is 0 Å². The number of rotatable bonds is 1. The van der Waals surface area contributed by atoms with Gasteiger partial charge in [0.1, 0.15) is 0 Å². The number of hydrogen-bond donors (Lipinski definition) is 1. The van der Waals surface area contributed by atoms with E-state index in [0.717, 1.165) is 19.5 Å². The van der Waals surface area contributed by atoms with E-state index in [0.29, 0.717) is 5.92 Å². The molecule has 55 valence electrons. The molecule has 1 radical (unpaired) electrons. The van der Waals surface area contributed by atoms with E-state index in [9.17, 15) is 0 Å². The zero-order valence-electron chi connectivity index (χ0n) is 6.27. The fraction of sp³-hybridized carbons (Fsp3) is 0.500. The molecule has 0 fully saturated rings. The first kappa shape index (κ1) is 10.7. The first-order chi connectivity index (χ1) is 4.34. The van der Waals surface area contributed by atoms with E-state index in [1.165, 1.54) is 5.57 Å². The van der Waals surface area contributed by atoms with Crippen LogP contribution in [0.2, 0.25) is 0 Å². The van der Waals surface area contributed by atoms with Gasteiger partial charge in [0, 0.05) is 32.7 Å². The van der Waals surface area contributed by atoms with Crippen LogP contribution in [0.25, 0.3) is 0 Å². The molecule has 0 aliphatic carbocycles. The molecule has 0 spiro atoms. The third-order valence-electron chi connectivity index (χ3n) is 1.77. The van der Waals surface area contributed by atoms with Gasteiger partial charge in [-0.3, -0.25) is 0 Å². The summed E-state index contributed by atoms with van der Waals surface area (Å²) in [4.78, 5) is 0. The van der Waals surface area contributed by atoms with E-state index in [2.05, 4.69) is 25.2 Å². The quantitative estimate of drug-likeness (QED) is 0.644. The van der Waals surface area contributed by atoms with Gasteiger partial charge in [0.2, 0.25) is 0 Å². The van der Waals surface area contributed by atoms with Gasteiger partial charge in [0.05, 0.1) is 0 Å². The molecule has 1 N–H and O–H groups in total. The molecule has 0 aromatic carbocycles. The van der Waals surface area contributed by atoms with Gasteiger partial charge in [-0.15, -0.1) is 0 Å². The van der Waals surface area contributed by atoms with Crippen molar-refractivity contribution in [1.29, 1.82) is 0 Å². The van der Waals surface area contributed by atoms with E-state index in [1.54, 1.807) is 0 Å². The van der Waals surface area contributed by atoms with Crippen LogP contribution in [0.1, 0.15) is 6.42 Å².